The second-order valence-electron chi connectivity index (χ2n) is 2.80. The van der Waals surface area contributed by atoms with Crippen molar-refractivity contribution in [3.05, 3.63) is 45.0 Å². The fourth-order valence-electron chi connectivity index (χ4n) is 1.19. The summed E-state index contributed by atoms with van der Waals surface area (Å²) in [6, 6.07) is 9.84. The molecule has 1 heterocycles. The Bertz CT molecular complexity index is 470. The Labute approximate surface area is 76.4 Å². The number of hydrogen-bond donors (Lipinski definition) is 0. The number of benzene rings is 1. The van der Waals surface area contributed by atoms with Gasteiger partial charge < -0.3 is 0 Å². The first kappa shape index (κ1) is 7.78. The first-order chi connectivity index (χ1) is 5.75. The van der Waals surface area contributed by atoms with E-state index >= 15 is 0 Å². The van der Waals surface area contributed by atoms with Gasteiger partial charge in [-0.15, -0.1) is 0 Å². The SMILES string of the molecule is Cc1ccc2[se]c(=O)ccc2c1. The molecule has 12 heavy (non-hydrogen) atoms. The van der Waals surface area contributed by atoms with Crippen molar-refractivity contribution in [1.82, 2.24) is 0 Å². The quantitative estimate of drug-likeness (QED) is 0.619. The van der Waals surface area contributed by atoms with E-state index < -0.39 is 0 Å². The van der Waals surface area contributed by atoms with Gasteiger partial charge >= 0.3 is 76.1 Å². The van der Waals surface area contributed by atoms with E-state index in [4.69, 9.17) is 0 Å². The van der Waals surface area contributed by atoms with Crippen LogP contribution in [-0.4, -0.2) is 14.5 Å². The average Bonchev–Trinajstić information content (AvgIpc) is 2.05. The van der Waals surface area contributed by atoms with Gasteiger partial charge in [0.25, 0.3) is 0 Å². The van der Waals surface area contributed by atoms with E-state index in [0.29, 0.717) is 0 Å². The average molecular weight is 223 g/mol. The van der Waals surface area contributed by atoms with Crippen LogP contribution >= 0.6 is 0 Å². The summed E-state index contributed by atoms with van der Waals surface area (Å²) in [7, 11) is 0. The Morgan fingerprint density at radius 2 is 2.00 bits per heavy atom. The van der Waals surface area contributed by atoms with Crippen molar-refractivity contribution < 1.29 is 0 Å². The van der Waals surface area contributed by atoms with Crippen molar-refractivity contribution in [3.63, 3.8) is 0 Å². The van der Waals surface area contributed by atoms with Gasteiger partial charge in [-0.05, 0) is 0 Å². The zero-order valence-electron chi connectivity index (χ0n) is 6.70. The zero-order chi connectivity index (χ0) is 8.55. The Morgan fingerprint density at radius 1 is 1.17 bits per heavy atom. The van der Waals surface area contributed by atoms with Crippen LogP contribution < -0.4 is 4.30 Å². The molecule has 0 saturated heterocycles. The van der Waals surface area contributed by atoms with Crippen molar-refractivity contribution in [2.24, 2.45) is 0 Å². The van der Waals surface area contributed by atoms with Crippen LogP contribution in [0.3, 0.4) is 0 Å². The van der Waals surface area contributed by atoms with Crippen molar-refractivity contribution in [2.75, 3.05) is 0 Å². The molecular weight excluding hydrogens is 215 g/mol. The van der Waals surface area contributed by atoms with Crippen LogP contribution in [-0.2, 0) is 0 Å². The second-order valence-corrected chi connectivity index (χ2v) is 4.99. The van der Waals surface area contributed by atoms with Gasteiger partial charge in [0.2, 0.25) is 0 Å². The maximum atomic E-state index is 11.1. The molecule has 0 bridgehead atoms. The standard InChI is InChI=1S/C10H8OSe/c1-7-2-4-9-8(6-7)3-5-10(11)12-9/h2-6H,1H3. The summed E-state index contributed by atoms with van der Waals surface area (Å²) in [4.78, 5) is 11.1. The zero-order valence-corrected chi connectivity index (χ0v) is 8.42. The Hall–Kier alpha value is -0.851. The van der Waals surface area contributed by atoms with E-state index in [0.717, 1.165) is 0 Å². The van der Waals surface area contributed by atoms with Crippen LogP contribution in [0.1, 0.15) is 5.56 Å². The van der Waals surface area contributed by atoms with E-state index in [-0.39, 0.29) is 18.8 Å². The third kappa shape index (κ3) is 1.36. The molecule has 1 aromatic heterocycles. The molecule has 2 aromatic rings. The molecule has 0 aliphatic carbocycles. The normalized spacial score (nSPS) is 10.4. The molecule has 0 radical (unpaired) electrons. The van der Waals surface area contributed by atoms with Gasteiger partial charge in [0.15, 0.2) is 0 Å². The van der Waals surface area contributed by atoms with Crippen molar-refractivity contribution >= 4 is 24.1 Å². The minimum absolute atomic E-state index is 0.0117. The Morgan fingerprint density at radius 3 is 2.83 bits per heavy atom. The molecule has 0 saturated carbocycles. The third-order valence-electron chi connectivity index (χ3n) is 1.77. The summed E-state index contributed by atoms with van der Waals surface area (Å²) in [5, 5.41) is 1.22. The van der Waals surface area contributed by atoms with E-state index in [9.17, 15) is 4.79 Å². The number of fused-ring (bicyclic) bond motifs is 1. The molecule has 0 atom stereocenters. The predicted molar refractivity (Wildman–Crippen MR) is 51.9 cm³/mol. The van der Waals surface area contributed by atoms with Gasteiger partial charge in [0, 0.05) is 0 Å². The number of rotatable bonds is 0. The van der Waals surface area contributed by atoms with Crippen LogP contribution in [0.4, 0.5) is 0 Å². The predicted octanol–water partition coefficient (Wildman–Crippen LogP) is 1.57. The van der Waals surface area contributed by atoms with E-state index in [2.05, 4.69) is 25.1 Å². The van der Waals surface area contributed by atoms with Crippen LogP contribution in [0.5, 0.6) is 0 Å². The van der Waals surface area contributed by atoms with E-state index in [1.165, 1.54) is 15.2 Å². The second kappa shape index (κ2) is 2.89. The molecule has 0 unspecified atom stereocenters. The van der Waals surface area contributed by atoms with Gasteiger partial charge in [0.1, 0.15) is 0 Å². The van der Waals surface area contributed by atoms with Crippen molar-refractivity contribution in [3.8, 4) is 0 Å². The van der Waals surface area contributed by atoms with Crippen LogP contribution in [0.25, 0.3) is 9.65 Å². The van der Waals surface area contributed by atoms with Gasteiger partial charge in [-0.25, -0.2) is 0 Å². The molecule has 1 aromatic carbocycles. The summed E-state index contributed by atoms with van der Waals surface area (Å²) in [5.41, 5.74) is 1.25. The van der Waals surface area contributed by atoms with Gasteiger partial charge in [-0.1, -0.05) is 0 Å². The van der Waals surface area contributed by atoms with Gasteiger partial charge in [0.05, 0.1) is 0 Å². The molecule has 0 spiro atoms. The fraction of sp³-hybridized carbons (Fsp3) is 0.100. The number of aryl methyl sites for hydroxylation is 1. The van der Waals surface area contributed by atoms with Crippen molar-refractivity contribution in [1.29, 1.82) is 0 Å². The molecule has 0 amide bonds. The van der Waals surface area contributed by atoms with Crippen LogP contribution in [0, 0.1) is 6.92 Å². The maximum absolute atomic E-state index is 11.1. The topological polar surface area (TPSA) is 17.1 Å². The first-order valence-corrected chi connectivity index (χ1v) is 5.47. The minimum atomic E-state index is 0.0117. The molecule has 1 nitrogen and oxygen atoms in total. The summed E-state index contributed by atoms with van der Waals surface area (Å²) in [6.45, 7) is 2.07. The molecular formula is C10H8OSe. The summed E-state index contributed by atoms with van der Waals surface area (Å²) >= 11 is 0.0117. The van der Waals surface area contributed by atoms with E-state index in [1.807, 2.05) is 6.07 Å². The van der Waals surface area contributed by atoms with Crippen LogP contribution in [0.15, 0.2) is 35.1 Å². The summed E-state index contributed by atoms with van der Waals surface area (Å²) in [5.74, 6) is 0. The number of hydrogen-bond acceptors (Lipinski definition) is 1. The Balaban J connectivity index is 2.87. The summed E-state index contributed by atoms with van der Waals surface area (Å²) in [6.07, 6.45) is 0. The molecule has 2 rings (SSSR count). The molecule has 0 N–H and O–H groups in total. The molecule has 0 fully saturated rings. The molecule has 2 heteroatoms. The Kier molecular flexibility index (Phi) is 1.87. The van der Waals surface area contributed by atoms with Crippen molar-refractivity contribution in [2.45, 2.75) is 6.92 Å². The fourth-order valence-corrected chi connectivity index (χ4v) is 2.73. The van der Waals surface area contributed by atoms with Gasteiger partial charge in [-0.2, -0.15) is 0 Å². The first-order valence-electron chi connectivity index (χ1n) is 3.76. The molecule has 0 aliphatic heterocycles. The van der Waals surface area contributed by atoms with Crippen LogP contribution in [0.2, 0.25) is 0 Å². The molecule has 0 aliphatic rings. The molecule has 60 valence electrons. The monoisotopic (exact) mass is 224 g/mol. The summed E-state index contributed by atoms with van der Waals surface area (Å²) < 4.78 is 1.47. The van der Waals surface area contributed by atoms with E-state index in [1.54, 1.807) is 6.07 Å². The van der Waals surface area contributed by atoms with Gasteiger partial charge in [-0.3, -0.25) is 0 Å². The third-order valence-corrected chi connectivity index (χ3v) is 3.72.